The van der Waals surface area contributed by atoms with Crippen LogP contribution in [0.1, 0.15) is 25.0 Å². The monoisotopic (exact) mass is 323 g/mol. The lowest BCUT2D eigenvalue weighted by Gasteiger charge is -2.44. The van der Waals surface area contributed by atoms with E-state index in [0.717, 1.165) is 37.3 Å². The Hall–Kier alpha value is -2.49. The van der Waals surface area contributed by atoms with Crippen LogP contribution in [-0.2, 0) is 13.0 Å². The second-order valence-corrected chi connectivity index (χ2v) is 6.05. The van der Waals surface area contributed by atoms with Gasteiger partial charge in [-0.2, -0.15) is 0 Å². The summed E-state index contributed by atoms with van der Waals surface area (Å²) >= 11 is 0. The van der Waals surface area contributed by atoms with Gasteiger partial charge in [0, 0.05) is 13.1 Å². The average molecular weight is 323 g/mol. The second kappa shape index (κ2) is 7.39. The van der Waals surface area contributed by atoms with Gasteiger partial charge in [-0.1, -0.05) is 49.4 Å². The molecule has 24 heavy (non-hydrogen) atoms. The maximum absolute atomic E-state index is 12.9. The van der Waals surface area contributed by atoms with E-state index < -0.39 is 0 Å². The molecule has 2 aromatic carbocycles. The molecule has 1 heterocycles. The Morgan fingerprint density at radius 2 is 1.67 bits per heavy atom. The van der Waals surface area contributed by atoms with Crippen LogP contribution in [0, 0.1) is 0 Å². The lowest BCUT2D eigenvalue weighted by molar-refractivity contribution is 0.125. The number of rotatable bonds is 5. The van der Waals surface area contributed by atoms with Crippen LogP contribution in [0.15, 0.2) is 54.6 Å². The van der Waals surface area contributed by atoms with Crippen LogP contribution in [0.2, 0.25) is 0 Å². The van der Waals surface area contributed by atoms with Crippen molar-refractivity contribution >= 4 is 11.7 Å². The van der Waals surface area contributed by atoms with Gasteiger partial charge in [0.05, 0.1) is 18.8 Å². The Morgan fingerprint density at radius 1 is 0.917 bits per heavy atom. The van der Waals surface area contributed by atoms with Crippen LogP contribution in [-0.4, -0.2) is 35.6 Å². The molecule has 1 fully saturated rings. The number of carbonyl (C=O) groups is 1. The number of hydrazine groups is 1. The van der Waals surface area contributed by atoms with Crippen molar-refractivity contribution in [2.75, 3.05) is 24.6 Å². The van der Waals surface area contributed by atoms with Crippen LogP contribution in [0.5, 0.6) is 0 Å². The van der Waals surface area contributed by atoms with Crippen LogP contribution in [0.3, 0.4) is 0 Å². The number of amides is 2. The van der Waals surface area contributed by atoms with E-state index in [2.05, 4.69) is 48.3 Å². The third-order valence-electron chi connectivity index (χ3n) is 4.54. The summed E-state index contributed by atoms with van der Waals surface area (Å²) in [6.45, 7) is 7.10. The molecule has 1 aliphatic heterocycles. The molecule has 0 N–H and O–H groups in total. The minimum Gasteiger partial charge on any atom is -0.322 e. The highest BCUT2D eigenvalue weighted by atomic mass is 16.2. The normalized spacial score (nSPS) is 15.1. The fraction of sp³-hybridized carbons (Fsp3) is 0.350. The number of urea groups is 1. The van der Waals surface area contributed by atoms with E-state index in [1.165, 1.54) is 5.56 Å². The Balaban J connectivity index is 1.91. The molecule has 2 amide bonds. The van der Waals surface area contributed by atoms with Gasteiger partial charge in [-0.25, -0.2) is 9.80 Å². The highest BCUT2D eigenvalue weighted by molar-refractivity contribution is 5.78. The zero-order chi connectivity index (χ0) is 16.9. The van der Waals surface area contributed by atoms with Crippen molar-refractivity contribution in [2.24, 2.45) is 0 Å². The highest BCUT2D eigenvalue weighted by Gasteiger charge is 2.31. The first-order valence-electron chi connectivity index (χ1n) is 8.69. The minimum atomic E-state index is 0.0782. The molecular weight excluding hydrogens is 298 g/mol. The molecule has 0 aliphatic carbocycles. The number of carbonyl (C=O) groups excluding carboxylic acids is 1. The smallest absolute Gasteiger partial charge is 0.322 e. The van der Waals surface area contributed by atoms with Crippen molar-refractivity contribution in [1.82, 2.24) is 9.91 Å². The van der Waals surface area contributed by atoms with Gasteiger partial charge in [-0.05, 0) is 36.6 Å². The van der Waals surface area contributed by atoms with Crippen LogP contribution in [0.25, 0.3) is 0 Å². The molecule has 0 saturated carbocycles. The summed E-state index contributed by atoms with van der Waals surface area (Å²) in [7, 11) is 0. The number of nitrogens with zero attached hydrogens (tertiary/aromatic N) is 3. The van der Waals surface area contributed by atoms with Crippen molar-refractivity contribution in [3.8, 4) is 0 Å². The maximum Gasteiger partial charge on any atom is 0.339 e. The molecule has 4 heteroatoms. The van der Waals surface area contributed by atoms with Crippen molar-refractivity contribution in [2.45, 2.75) is 26.8 Å². The number of aryl methyl sites for hydroxylation is 1. The standard InChI is InChI=1S/C20H25N3O/c1-3-17-11-8-12-19(15-17)22-14-13-21(4-2)20(24)23(22)16-18-9-6-5-7-10-18/h5-12,15H,3-4,13-14,16H2,1-2H3. The summed E-state index contributed by atoms with van der Waals surface area (Å²) < 4.78 is 0. The van der Waals surface area contributed by atoms with E-state index in [9.17, 15) is 4.79 Å². The fourth-order valence-electron chi connectivity index (χ4n) is 3.11. The maximum atomic E-state index is 12.9. The summed E-state index contributed by atoms with van der Waals surface area (Å²) in [5, 5.41) is 4.00. The summed E-state index contributed by atoms with van der Waals surface area (Å²) in [5.74, 6) is 0. The van der Waals surface area contributed by atoms with Crippen LogP contribution < -0.4 is 5.01 Å². The Morgan fingerprint density at radius 3 is 2.38 bits per heavy atom. The van der Waals surface area contributed by atoms with Gasteiger partial charge in [-0.15, -0.1) is 0 Å². The largest absolute Gasteiger partial charge is 0.339 e. The molecular formula is C20H25N3O. The van der Waals surface area contributed by atoms with Crippen molar-refractivity contribution in [3.63, 3.8) is 0 Å². The van der Waals surface area contributed by atoms with Gasteiger partial charge in [0.25, 0.3) is 0 Å². The minimum absolute atomic E-state index is 0.0782. The average Bonchev–Trinajstić information content (AvgIpc) is 2.64. The first kappa shape index (κ1) is 16.4. The SMILES string of the molecule is CCc1cccc(N2CCN(CC)C(=O)N2Cc2ccccc2)c1. The van der Waals surface area contributed by atoms with E-state index in [4.69, 9.17) is 0 Å². The summed E-state index contributed by atoms with van der Waals surface area (Å²) in [6.07, 6.45) is 0.995. The molecule has 0 spiro atoms. The molecule has 0 unspecified atom stereocenters. The zero-order valence-electron chi connectivity index (χ0n) is 14.5. The predicted molar refractivity (Wildman–Crippen MR) is 97.8 cm³/mol. The van der Waals surface area contributed by atoms with E-state index >= 15 is 0 Å². The lowest BCUT2D eigenvalue weighted by Crippen LogP contribution is -2.59. The first-order chi connectivity index (χ1) is 11.7. The Kier molecular flexibility index (Phi) is 5.04. The van der Waals surface area contributed by atoms with Crippen molar-refractivity contribution in [3.05, 3.63) is 65.7 Å². The molecule has 2 aromatic rings. The number of likely N-dealkylation sites (N-methyl/N-ethyl adjacent to an activating group) is 1. The molecule has 1 saturated heterocycles. The number of hydrogen-bond acceptors (Lipinski definition) is 2. The lowest BCUT2D eigenvalue weighted by atomic mass is 10.1. The fourth-order valence-corrected chi connectivity index (χ4v) is 3.11. The molecule has 3 rings (SSSR count). The molecule has 0 atom stereocenters. The number of anilines is 1. The van der Waals surface area contributed by atoms with Gasteiger partial charge < -0.3 is 4.90 Å². The second-order valence-electron chi connectivity index (χ2n) is 6.05. The van der Waals surface area contributed by atoms with Crippen molar-refractivity contribution in [1.29, 1.82) is 0 Å². The first-order valence-corrected chi connectivity index (χ1v) is 8.69. The quantitative estimate of drug-likeness (QED) is 0.833. The number of benzene rings is 2. The van der Waals surface area contributed by atoms with Crippen molar-refractivity contribution < 1.29 is 4.79 Å². The summed E-state index contributed by atoms with van der Waals surface area (Å²) in [6, 6.07) is 18.7. The van der Waals surface area contributed by atoms with E-state index in [0.29, 0.717) is 6.54 Å². The highest BCUT2D eigenvalue weighted by Crippen LogP contribution is 2.24. The van der Waals surface area contributed by atoms with E-state index in [1.54, 1.807) is 0 Å². The van der Waals surface area contributed by atoms with Gasteiger partial charge >= 0.3 is 6.03 Å². The van der Waals surface area contributed by atoms with Gasteiger partial charge in [0.15, 0.2) is 0 Å². The molecule has 0 bridgehead atoms. The molecule has 0 radical (unpaired) electrons. The van der Waals surface area contributed by atoms with E-state index in [1.807, 2.05) is 35.0 Å². The van der Waals surface area contributed by atoms with Gasteiger partial charge in [-0.3, -0.25) is 5.01 Å². The zero-order valence-corrected chi connectivity index (χ0v) is 14.5. The topological polar surface area (TPSA) is 26.8 Å². The summed E-state index contributed by atoms with van der Waals surface area (Å²) in [4.78, 5) is 14.8. The van der Waals surface area contributed by atoms with Gasteiger partial charge in [0.1, 0.15) is 0 Å². The predicted octanol–water partition coefficient (Wildman–Crippen LogP) is 3.93. The molecule has 0 aromatic heterocycles. The third-order valence-corrected chi connectivity index (χ3v) is 4.54. The number of hydrogen-bond donors (Lipinski definition) is 0. The molecule has 1 aliphatic rings. The summed E-state index contributed by atoms with van der Waals surface area (Å²) in [5.41, 5.74) is 3.52. The third kappa shape index (κ3) is 3.37. The van der Waals surface area contributed by atoms with E-state index in [-0.39, 0.29) is 6.03 Å². The van der Waals surface area contributed by atoms with Crippen LogP contribution >= 0.6 is 0 Å². The Bertz CT molecular complexity index is 686. The van der Waals surface area contributed by atoms with Gasteiger partial charge in [0.2, 0.25) is 0 Å². The molecule has 126 valence electrons. The van der Waals surface area contributed by atoms with Crippen LogP contribution in [0.4, 0.5) is 10.5 Å². The Labute approximate surface area is 144 Å². The molecule has 4 nitrogen and oxygen atoms in total.